The highest BCUT2D eigenvalue weighted by molar-refractivity contribution is 6.31. The van der Waals surface area contributed by atoms with Crippen molar-refractivity contribution in [2.45, 2.75) is 19.4 Å². The van der Waals surface area contributed by atoms with Crippen LogP contribution in [0, 0.1) is 5.82 Å². The average molecular weight is 353 g/mol. The minimum absolute atomic E-state index is 0.0700. The Labute approximate surface area is 143 Å². The maximum atomic E-state index is 13.8. The third kappa shape index (κ3) is 2.82. The summed E-state index contributed by atoms with van der Waals surface area (Å²) in [6.07, 6.45) is 1.85. The van der Waals surface area contributed by atoms with E-state index in [1.165, 1.54) is 12.1 Å². The second-order valence-electron chi connectivity index (χ2n) is 6.02. The molecule has 120 valence electrons. The molecular weight excluding hydrogens is 338 g/mol. The van der Waals surface area contributed by atoms with Crippen molar-refractivity contribution in [1.29, 1.82) is 0 Å². The van der Waals surface area contributed by atoms with E-state index in [-0.39, 0.29) is 11.6 Å². The number of nitrogens with zero attached hydrogens (tertiary/aromatic N) is 2. The van der Waals surface area contributed by atoms with E-state index in [1.807, 2.05) is 30.7 Å². The maximum Gasteiger partial charge on any atom is 0.142 e. The lowest BCUT2D eigenvalue weighted by Gasteiger charge is -2.24. The van der Waals surface area contributed by atoms with Gasteiger partial charge in [-0.3, -0.25) is 0 Å². The summed E-state index contributed by atoms with van der Waals surface area (Å²) in [5, 5.41) is 10.9. The molecule has 1 N–H and O–H groups in total. The van der Waals surface area contributed by atoms with Gasteiger partial charge in [0, 0.05) is 17.1 Å². The fourth-order valence-corrected chi connectivity index (χ4v) is 2.77. The molecule has 0 bridgehead atoms. The first-order valence-corrected chi connectivity index (χ1v) is 7.83. The summed E-state index contributed by atoms with van der Waals surface area (Å²) in [6.45, 7) is 3.71. The lowest BCUT2D eigenvalue weighted by molar-refractivity contribution is 0.168. The topological polar surface area (TPSA) is 38.0 Å². The standard InChI is InChI=1S/C17H15Cl2FN2O/c1-17(2,9-23)22-8-12(10-3-5-13(18)14(20)7-10)11-4-6-15(19)21-16(11)22/h3-8,23H,9H2,1-2H3. The molecule has 0 spiro atoms. The van der Waals surface area contributed by atoms with Crippen LogP contribution in [0.4, 0.5) is 4.39 Å². The van der Waals surface area contributed by atoms with Crippen molar-refractivity contribution in [2.24, 2.45) is 0 Å². The summed E-state index contributed by atoms with van der Waals surface area (Å²) >= 11 is 11.8. The zero-order valence-corrected chi connectivity index (χ0v) is 14.2. The van der Waals surface area contributed by atoms with Crippen molar-refractivity contribution >= 4 is 34.2 Å². The van der Waals surface area contributed by atoms with E-state index in [9.17, 15) is 9.50 Å². The normalized spacial score (nSPS) is 12.1. The van der Waals surface area contributed by atoms with Gasteiger partial charge >= 0.3 is 0 Å². The molecule has 23 heavy (non-hydrogen) atoms. The number of rotatable bonds is 3. The van der Waals surface area contributed by atoms with Crippen molar-refractivity contribution in [3.63, 3.8) is 0 Å². The number of aliphatic hydroxyl groups is 1. The minimum Gasteiger partial charge on any atom is -0.394 e. The molecular formula is C17H15Cl2FN2O. The zero-order chi connectivity index (χ0) is 16.8. The highest BCUT2D eigenvalue weighted by Gasteiger charge is 2.24. The predicted molar refractivity (Wildman–Crippen MR) is 91.6 cm³/mol. The van der Waals surface area contributed by atoms with Gasteiger partial charge in [-0.15, -0.1) is 0 Å². The quantitative estimate of drug-likeness (QED) is 0.682. The SMILES string of the molecule is CC(C)(CO)n1cc(-c2ccc(Cl)c(F)c2)c2ccc(Cl)nc21. The van der Waals surface area contributed by atoms with Gasteiger partial charge in [-0.2, -0.15) is 0 Å². The smallest absolute Gasteiger partial charge is 0.142 e. The first-order chi connectivity index (χ1) is 10.8. The fourth-order valence-electron chi connectivity index (χ4n) is 2.51. The van der Waals surface area contributed by atoms with Gasteiger partial charge in [0.2, 0.25) is 0 Å². The molecule has 6 heteroatoms. The fraction of sp³-hybridized carbons (Fsp3) is 0.235. The molecule has 0 amide bonds. The van der Waals surface area contributed by atoms with E-state index >= 15 is 0 Å². The Hall–Kier alpha value is -1.62. The van der Waals surface area contributed by atoms with Gasteiger partial charge in [0.05, 0.1) is 17.2 Å². The molecule has 0 fully saturated rings. The molecule has 0 aliphatic heterocycles. The van der Waals surface area contributed by atoms with Crippen LogP contribution >= 0.6 is 23.2 Å². The first-order valence-electron chi connectivity index (χ1n) is 7.08. The third-order valence-electron chi connectivity index (χ3n) is 3.89. The Morgan fingerprint density at radius 3 is 2.61 bits per heavy atom. The number of hydrogen-bond acceptors (Lipinski definition) is 2. The van der Waals surface area contributed by atoms with Crippen LogP contribution in [0.25, 0.3) is 22.2 Å². The molecule has 0 saturated carbocycles. The molecule has 2 aromatic heterocycles. The lowest BCUT2D eigenvalue weighted by Crippen LogP contribution is -2.29. The first kappa shape index (κ1) is 16.2. The van der Waals surface area contributed by atoms with Crippen LogP contribution in [0.15, 0.2) is 36.5 Å². The molecule has 3 aromatic rings. The van der Waals surface area contributed by atoms with Crippen LogP contribution in [0.5, 0.6) is 0 Å². The molecule has 0 saturated heterocycles. The third-order valence-corrected chi connectivity index (χ3v) is 4.40. The van der Waals surface area contributed by atoms with Crippen LogP contribution in [-0.2, 0) is 5.54 Å². The van der Waals surface area contributed by atoms with Gasteiger partial charge in [0.25, 0.3) is 0 Å². The number of pyridine rings is 1. The van der Waals surface area contributed by atoms with Crippen LogP contribution in [0.1, 0.15) is 13.8 Å². The summed E-state index contributed by atoms with van der Waals surface area (Å²) in [7, 11) is 0. The maximum absolute atomic E-state index is 13.8. The highest BCUT2D eigenvalue weighted by atomic mass is 35.5. The van der Waals surface area contributed by atoms with Gasteiger partial charge in [-0.1, -0.05) is 29.3 Å². The second kappa shape index (κ2) is 5.78. The molecule has 3 nitrogen and oxygen atoms in total. The number of halogens is 3. The summed E-state index contributed by atoms with van der Waals surface area (Å²) in [5.74, 6) is -0.478. The largest absolute Gasteiger partial charge is 0.394 e. The number of benzene rings is 1. The predicted octanol–water partition coefficient (Wildman–Crippen LogP) is 4.88. The Balaban J connectivity index is 2.31. The summed E-state index contributed by atoms with van der Waals surface area (Å²) < 4.78 is 15.7. The molecule has 0 atom stereocenters. The summed E-state index contributed by atoms with van der Waals surface area (Å²) in [4.78, 5) is 4.37. The van der Waals surface area contributed by atoms with Crippen LogP contribution in [0.3, 0.4) is 0 Å². The van der Waals surface area contributed by atoms with Gasteiger partial charge < -0.3 is 9.67 Å². The van der Waals surface area contributed by atoms with Crippen molar-refractivity contribution in [3.8, 4) is 11.1 Å². The van der Waals surface area contributed by atoms with E-state index in [1.54, 1.807) is 12.1 Å². The Morgan fingerprint density at radius 2 is 1.96 bits per heavy atom. The van der Waals surface area contributed by atoms with E-state index in [0.717, 1.165) is 10.9 Å². The van der Waals surface area contributed by atoms with Gasteiger partial charge in [-0.05, 0) is 43.7 Å². The van der Waals surface area contributed by atoms with Crippen LogP contribution in [0.2, 0.25) is 10.2 Å². The number of fused-ring (bicyclic) bond motifs is 1. The zero-order valence-electron chi connectivity index (χ0n) is 12.6. The molecule has 2 heterocycles. The van der Waals surface area contributed by atoms with Crippen molar-refractivity contribution < 1.29 is 9.50 Å². The van der Waals surface area contributed by atoms with Crippen LogP contribution < -0.4 is 0 Å². The second-order valence-corrected chi connectivity index (χ2v) is 6.81. The number of hydrogen-bond donors (Lipinski definition) is 1. The molecule has 0 aliphatic carbocycles. The lowest BCUT2D eigenvalue weighted by atomic mass is 10.1. The van der Waals surface area contributed by atoms with Gasteiger partial charge in [-0.25, -0.2) is 9.37 Å². The molecule has 0 radical (unpaired) electrons. The summed E-state index contributed by atoms with van der Waals surface area (Å²) in [5.41, 5.74) is 1.57. The van der Waals surface area contributed by atoms with Crippen molar-refractivity contribution in [1.82, 2.24) is 9.55 Å². The van der Waals surface area contributed by atoms with E-state index in [0.29, 0.717) is 16.4 Å². The highest BCUT2D eigenvalue weighted by Crippen LogP contribution is 2.35. The van der Waals surface area contributed by atoms with E-state index in [2.05, 4.69) is 4.98 Å². The van der Waals surface area contributed by atoms with Gasteiger partial charge in [0.15, 0.2) is 0 Å². The van der Waals surface area contributed by atoms with E-state index < -0.39 is 11.4 Å². The minimum atomic E-state index is -0.570. The van der Waals surface area contributed by atoms with E-state index in [4.69, 9.17) is 23.2 Å². The molecule has 0 unspecified atom stereocenters. The summed E-state index contributed by atoms with van der Waals surface area (Å²) in [6, 6.07) is 8.20. The average Bonchev–Trinajstić information content (AvgIpc) is 2.89. The molecule has 3 rings (SSSR count). The molecule has 1 aromatic carbocycles. The Bertz CT molecular complexity index is 890. The van der Waals surface area contributed by atoms with Crippen molar-refractivity contribution in [3.05, 3.63) is 52.5 Å². The van der Waals surface area contributed by atoms with Crippen LogP contribution in [-0.4, -0.2) is 21.3 Å². The number of aromatic nitrogens is 2. The Morgan fingerprint density at radius 1 is 1.22 bits per heavy atom. The Kier molecular flexibility index (Phi) is 4.08. The van der Waals surface area contributed by atoms with Crippen molar-refractivity contribution in [2.75, 3.05) is 6.61 Å². The monoisotopic (exact) mass is 352 g/mol. The number of aliphatic hydroxyl groups excluding tert-OH is 1. The molecule has 0 aliphatic rings. The van der Waals surface area contributed by atoms with Gasteiger partial charge in [0.1, 0.15) is 16.6 Å².